The van der Waals surface area contributed by atoms with E-state index in [0.717, 1.165) is 12.8 Å². The molecule has 0 aliphatic heterocycles. The lowest BCUT2D eigenvalue weighted by molar-refractivity contribution is 0.100. The van der Waals surface area contributed by atoms with Crippen molar-refractivity contribution >= 4 is 5.91 Å². The van der Waals surface area contributed by atoms with Gasteiger partial charge in [0, 0.05) is 12.0 Å². The lowest BCUT2D eigenvalue weighted by Gasteiger charge is -2.05. The molecule has 0 atom stereocenters. The van der Waals surface area contributed by atoms with E-state index in [4.69, 9.17) is 15.7 Å². The van der Waals surface area contributed by atoms with Gasteiger partial charge in [-0.2, -0.15) is 5.26 Å². The molecule has 84 valence electrons. The summed E-state index contributed by atoms with van der Waals surface area (Å²) in [5.74, 6) is 0.266. The second kappa shape index (κ2) is 6.46. The lowest BCUT2D eigenvalue weighted by atomic mass is 10.2. The summed E-state index contributed by atoms with van der Waals surface area (Å²) in [4.78, 5) is 10.8. The Hall–Kier alpha value is -2.02. The zero-order valence-electron chi connectivity index (χ0n) is 8.98. The number of carbonyl (C=O) groups is 1. The van der Waals surface area contributed by atoms with Crippen molar-refractivity contribution in [1.82, 2.24) is 0 Å². The van der Waals surface area contributed by atoms with E-state index in [9.17, 15) is 4.79 Å². The van der Waals surface area contributed by atoms with Crippen LogP contribution in [-0.2, 0) is 0 Å². The number of ether oxygens (including phenoxy) is 1. The molecule has 0 saturated carbocycles. The van der Waals surface area contributed by atoms with Gasteiger partial charge < -0.3 is 10.5 Å². The smallest absolute Gasteiger partial charge is 0.248 e. The number of nitrogens with two attached hydrogens (primary N) is 1. The van der Waals surface area contributed by atoms with Crippen molar-refractivity contribution < 1.29 is 9.53 Å². The first-order valence-electron chi connectivity index (χ1n) is 5.13. The second-order valence-corrected chi connectivity index (χ2v) is 3.35. The van der Waals surface area contributed by atoms with Crippen LogP contribution < -0.4 is 10.5 Å². The Bertz CT molecular complexity index is 379. The molecule has 2 N–H and O–H groups in total. The molecule has 1 rings (SSSR count). The normalized spacial score (nSPS) is 9.44. The molecular formula is C12H14N2O2. The fourth-order valence-corrected chi connectivity index (χ4v) is 1.21. The molecule has 4 heteroatoms. The molecular weight excluding hydrogens is 204 g/mol. The van der Waals surface area contributed by atoms with E-state index in [2.05, 4.69) is 6.07 Å². The average Bonchev–Trinajstić information content (AvgIpc) is 2.29. The van der Waals surface area contributed by atoms with Crippen molar-refractivity contribution in [3.05, 3.63) is 29.8 Å². The summed E-state index contributed by atoms with van der Waals surface area (Å²) in [7, 11) is 0. The molecule has 0 spiro atoms. The van der Waals surface area contributed by atoms with Crippen molar-refractivity contribution in [2.75, 3.05) is 6.61 Å². The maximum atomic E-state index is 10.8. The largest absolute Gasteiger partial charge is 0.494 e. The number of primary amides is 1. The third-order valence-electron chi connectivity index (χ3n) is 2.09. The zero-order valence-corrected chi connectivity index (χ0v) is 8.98. The number of amides is 1. The third-order valence-corrected chi connectivity index (χ3v) is 2.09. The van der Waals surface area contributed by atoms with Crippen molar-refractivity contribution in [3.8, 4) is 11.8 Å². The quantitative estimate of drug-likeness (QED) is 0.740. The molecule has 4 nitrogen and oxygen atoms in total. The topological polar surface area (TPSA) is 76.1 Å². The first-order valence-corrected chi connectivity index (χ1v) is 5.13. The van der Waals surface area contributed by atoms with Crippen LogP contribution in [0.4, 0.5) is 0 Å². The Morgan fingerprint density at radius 2 is 2.00 bits per heavy atom. The van der Waals surface area contributed by atoms with Gasteiger partial charge in [0.05, 0.1) is 12.7 Å². The molecule has 1 aromatic rings. The van der Waals surface area contributed by atoms with E-state index >= 15 is 0 Å². The molecule has 0 aromatic heterocycles. The first-order chi connectivity index (χ1) is 7.74. The van der Waals surface area contributed by atoms with Crippen molar-refractivity contribution in [1.29, 1.82) is 5.26 Å². The summed E-state index contributed by atoms with van der Waals surface area (Å²) in [6.45, 7) is 0.581. The maximum Gasteiger partial charge on any atom is 0.248 e. The number of hydrogen-bond donors (Lipinski definition) is 1. The molecule has 0 fully saturated rings. The SMILES string of the molecule is N#CCCCCOc1ccc(C(N)=O)cc1. The van der Waals surface area contributed by atoms with Crippen LogP contribution in [0.3, 0.4) is 0 Å². The van der Waals surface area contributed by atoms with Gasteiger partial charge in [0.1, 0.15) is 5.75 Å². The highest BCUT2D eigenvalue weighted by Gasteiger charge is 1.99. The van der Waals surface area contributed by atoms with Gasteiger partial charge in [-0.3, -0.25) is 4.79 Å². The molecule has 1 amide bonds. The zero-order chi connectivity index (χ0) is 11.8. The summed E-state index contributed by atoms with van der Waals surface area (Å²) in [5.41, 5.74) is 5.58. The van der Waals surface area contributed by atoms with Gasteiger partial charge in [0.25, 0.3) is 0 Å². The predicted molar refractivity (Wildman–Crippen MR) is 59.9 cm³/mol. The van der Waals surface area contributed by atoms with Crippen molar-refractivity contribution in [2.24, 2.45) is 5.73 Å². The number of nitriles is 1. The number of rotatable bonds is 6. The Balaban J connectivity index is 2.33. The van der Waals surface area contributed by atoms with Crippen LogP contribution in [0.25, 0.3) is 0 Å². The van der Waals surface area contributed by atoms with Gasteiger partial charge in [0.15, 0.2) is 0 Å². The van der Waals surface area contributed by atoms with Crippen LogP contribution in [0.15, 0.2) is 24.3 Å². The van der Waals surface area contributed by atoms with E-state index < -0.39 is 5.91 Å². The Morgan fingerprint density at radius 1 is 1.31 bits per heavy atom. The van der Waals surface area contributed by atoms with Crippen LogP contribution in [0.5, 0.6) is 5.75 Å². The van der Waals surface area contributed by atoms with Crippen LogP contribution in [-0.4, -0.2) is 12.5 Å². The number of carbonyl (C=O) groups excluding carboxylic acids is 1. The van der Waals surface area contributed by atoms with Gasteiger partial charge >= 0.3 is 0 Å². The standard InChI is InChI=1S/C12H14N2O2/c13-8-2-1-3-9-16-11-6-4-10(5-7-11)12(14)15/h4-7H,1-3,9H2,(H2,14,15). The Morgan fingerprint density at radius 3 is 2.56 bits per heavy atom. The van der Waals surface area contributed by atoms with E-state index in [-0.39, 0.29) is 0 Å². The monoisotopic (exact) mass is 218 g/mol. The van der Waals surface area contributed by atoms with Crippen molar-refractivity contribution in [3.63, 3.8) is 0 Å². The van der Waals surface area contributed by atoms with Gasteiger partial charge in [-0.1, -0.05) is 0 Å². The van der Waals surface area contributed by atoms with E-state index in [1.54, 1.807) is 24.3 Å². The van der Waals surface area contributed by atoms with Gasteiger partial charge in [-0.05, 0) is 37.1 Å². The molecule has 0 saturated heterocycles. The minimum absolute atomic E-state index is 0.444. The van der Waals surface area contributed by atoms with Gasteiger partial charge in [-0.15, -0.1) is 0 Å². The Labute approximate surface area is 94.6 Å². The summed E-state index contributed by atoms with van der Waals surface area (Å²) < 4.78 is 5.43. The molecule has 16 heavy (non-hydrogen) atoms. The maximum absolute atomic E-state index is 10.8. The highest BCUT2D eigenvalue weighted by atomic mass is 16.5. The summed E-state index contributed by atoms with van der Waals surface area (Å²) in [6.07, 6.45) is 2.25. The molecule has 0 aliphatic rings. The molecule has 0 radical (unpaired) electrons. The fourth-order valence-electron chi connectivity index (χ4n) is 1.21. The molecule has 0 aliphatic carbocycles. The van der Waals surface area contributed by atoms with Crippen LogP contribution >= 0.6 is 0 Å². The minimum Gasteiger partial charge on any atom is -0.494 e. The fraction of sp³-hybridized carbons (Fsp3) is 0.333. The molecule has 0 unspecified atom stereocenters. The highest BCUT2D eigenvalue weighted by Crippen LogP contribution is 2.12. The number of nitrogens with zero attached hydrogens (tertiary/aromatic N) is 1. The summed E-state index contributed by atoms with van der Waals surface area (Å²) in [5, 5.41) is 8.33. The molecule has 0 heterocycles. The summed E-state index contributed by atoms with van der Waals surface area (Å²) >= 11 is 0. The Kier molecular flexibility index (Phi) is 4.87. The van der Waals surface area contributed by atoms with Crippen LogP contribution in [0, 0.1) is 11.3 Å². The average molecular weight is 218 g/mol. The number of unbranched alkanes of at least 4 members (excludes halogenated alkanes) is 2. The molecule has 1 aromatic carbocycles. The van der Waals surface area contributed by atoms with E-state index in [1.807, 2.05) is 0 Å². The van der Waals surface area contributed by atoms with Gasteiger partial charge in [-0.25, -0.2) is 0 Å². The van der Waals surface area contributed by atoms with Crippen molar-refractivity contribution in [2.45, 2.75) is 19.3 Å². The van der Waals surface area contributed by atoms with E-state index in [0.29, 0.717) is 24.3 Å². The third kappa shape index (κ3) is 4.01. The van der Waals surface area contributed by atoms with Crippen LogP contribution in [0.2, 0.25) is 0 Å². The van der Waals surface area contributed by atoms with Crippen LogP contribution in [0.1, 0.15) is 29.6 Å². The van der Waals surface area contributed by atoms with Gasteiger partial charge in [0.2, 0.25) is 5.91 Å². The number of benzene rings is 1. The van der Waals surface area contributed by atoms with E-state index in [1.165, 1.54) is 0 Å². The number of hydrogen-bond acceptors (Lipinski definition) is 3. The first kappa shape index (κ1) is 12.1. The second-order valence-electron chi connectivity index (χ2n) is 3.35. The lowest BCUT2D eigenvalue weighted by Crippen LogP contribution is -2.10. The molecule has 0 bridgehead atoms. The predicted octanol–water partition coefficient (Wildman–Crippen LogP) is 1.86. The summed E-state index contributed by atoms with van der Waals surface area (Å²) in [6, 6.07) is 8.77. The highest BCUT2D eigenvalue weighted by molar-refractivity contribution is 5.92. The minimum atomic E-state index is -0.444.